The second-order valence-corrected chi connectivity index (χ2v) is 5.72. The number of benzene rings is 1. The molecule has 0 saturated carbocycles. The van der Waals surface area contributed by atoms with Gasteiger partial charge in [-0.1, -0.05) is 6.92 Å². The van der Waals surface area contributed by atoms with Crippen molar-refractivity contribution in [2.75, 3.05) is 18.9 Å². The van der Waals surface area contributed by atoms with Crippen molar-refractivity contribution in [1.82, 2.24) is 4.90 Å². The Morgan fingerprint density at radius 1 is 1.43 bits per heavy atom. The molecule has 0 bridgehead atoms. The van der Waals surface area contributed by atoms with Crippen LogP contribution in [-0.4, -0.2) is 35.4 Å². The van der Waals surface area contributed by atoms with Gasteiger partial charge in [-0.2, -0.15) is 0 Å². The van der Waals surface area contributed by atoms with E-state index in [9.17, 15) is 14.9 Å². The molecule has 0 aromatic heterocycles. The minimum absolute atomic E-state index is 0.110. The predicted octanol–water partition coefficient (Wildman–Crippen LogP) is 2.90. The van der Waals surface area contributed by atoms with Gasteiger partial charge in [0.25, 0.3) is 11.6 Å². The third-order valence-electron chi connectivity index (χ3n) is 4.11. The third-order valence-corrected chi connectivity index (χ3v) is 4.11. The largest absolute Gasteiger partial charge is 0.388 e. The number of carbonyl (C=O) groups is 1. The van der Waals surface area contributed by atoms with Crippen LogP contribution in [0.1, 0.15) is 37.0 Å². The van der Waals surface area contributed by atoms with Gasteiger partial charge in [-0.25, -0.2) is 0 Å². The fourth-order valence-electron chi connectivity index (χ4n) is 2.89. The second-order valence-electron chi connectivity index (χ2n) is 5.72. The van der Waals surface area contributed by atoms with E-state index in [1.807, 2.05) is 6.92 Å². The Labute approximate surface area is 124 Å². The van der Waals surface area contributed by atoms with Gasteiger partial charge in [-0.15, -0.1) is 0 Å². The summed E-state index contributed by atoms with van der Waals surface area (Å²) in [4.78, 5) is 25.1. The number of rotatable bonds is 3. The molecule has 1 amide bonds. The minimum Gasteiger partial charge on any atom is -0.388 e. The Bertz CT molecular complexity index is 559. The molecule has 2 atom stereocenters. The Morgan fingerprint density at radius 3 is 2.71 bits per heavy atom. The predicted molar refractivity (Wildman–Crippen MR) is 81.5 cm³/mol. The Morgan fingerprint density at radius 2 is 2.14 bits per heavy atom. The smallest absolute Gasteiger partial charge is 0.282 e. The second kappa shape index (κ2) is 6.11. The lowest BCUT2D eigenvalue weighted by molar-refractivity contribution is -0.385. The number of nitrogens with zero attached hydrogens (tertiary/aromatic N) is 2. The molecule has 0 radical (unpaired) electrons. The summed E-state index contributed by atoms with van der Waals surface area (Å²) in [6, 6.07) is 4.66. The van der Waals surface area contributed by atoms with Crippen LogP contribution < -0.4 is 5.32 Å². The monoisotopic (exact) mass is 291 g/mol. The maximum Gasteiger partial charge on any atom is 0.282 e. The number of nitro benzene ring substituents is 1. The first-order valence-corrected chi connectivity index (χ1v) is 7.21. The van der Waals surface area contributed by atoms with Crippen LogP contribution in [-0.2, 0) is 0 Å². The normalized spacial score (nSPS) is 22.0. The van der Waals surface area contributed by atoms with E-state index in [2.05, 4.69) is 12.2 Å². The molecule has 0 aliphatic carbocycles. The molecule has 0 spiro atoms. The molecule has 6 heteroatoms. The molecule has 2 unspecified atom stereocenters. The van der Waals surface area contributed by atoms with Gasteiger partial charge in [-0.3, -0.25) is 14.9 Å². The van der Waals surface area contributed by atoms with Gasteiger partial charge < -0.3 is 10.2 Å². The highest BCUT2D eigenvalue weighted by Gasteiger charge is 2.31. The Balaban J connectivity index is 2.35. The zero-order valence-electron chi connectivity index (χ0n) is 12.6. The van der Waals surface area contributed by atoms with Crippen molar-refractivity contribution in [2.24, 2.45) is 5.92 Å². The molecule has 1 heterocycles. The maximum absolute atomic E-state index is 12.7. The van der Waals surface area contributed by atoms with Crippen molar-refractivity contribution in [3.63, 3.8) is 0 Å². The summed E-state index contributed by atoms with van der Waals surface area (Å²) in [7, 11) is 1.72. The third kappa shape index (κ3) is 3.15. The molecule has 1 aromatic carbocycles. The van der Waals surface area contributed by atoms with E-state index in [4.69, 9.17) is 0 Å². The lowest BCUT2D eigenvalue weighted by Gasteiger charge is -2.36. The minimum atomic E-state index is -0.496. The molecule has 1 aliphatic rings. The van der Waals surface area contributed by atoms with Crippen LogP contribution in [0.2, 0.25) is 0 Å². The molecule has 114 valence electrons. The zero-order chi connectivity index (χ0) is 15.6. The van der Waals surface area contributed by atoms with Gasteiger partial charge in [0.1, 0.15) is 5.56 Å². The number of nitro groups is 1. The van der Waals surface area contributed by atoms with Gasteiger partial charge in [-0.05, 0) is 37.8 Å². The van der Waals surface area contributed by atoms with Crippen LogP contribution in [0.5, 0.6) is 0 Å². The Hall–Kier alpha value is -2.11. The van der Waals surface area contributed by atoms with Crippen molar-refractivity contribution >= 4 is 17.3 Å². The van der Waals surface area contributed by atoms with E-state index in [1.165, 1.54) is 6.07 Å². The highest BCUT2D eigenvalue weighted by Crippen LogP contribution is 2.28. The van der Waals surface area contributed by atoms with E-state index in [-0.39, 0.29) is 23.2 Å². The average Bonchev–Trinajstić information content (AvgIpc) is 2.45. The fraction of sp³-hybridized carbons (Fsp3) is 0.533. The standard InChI is InChI=1S/C15H21N3O3/c1-10-6-7-17(11(2)8-10)15(19)13-9-12(16-3)4-5-14(13)18(20)21/h4-5,9-11,16H,6-8H2,1-3H3. The summed E-state index contributed by atoms with van der Waals surface area (Å²) < 4.78 is 0. The Kier molecular flexibility index (Phi) is 4.45. The van der Waals surface area contributed by atoms with Gasteiger partial charge >= 0.3 is 0 Å². The summed E-state index contributed by atoms with van der Waals surface area (Å²) in [5.74, 6) is 0.334. The summed E-state index contributed by atoms with van der Waals surface area (Å²) in [6.45, 7) is 4.83. The molecule has 1 N–H and O–H groups in total. The quantitative estimate of drug-likeness (QED) is 0.686. The van der Waals surface area contributed by atoms with Crippen LogP contribution >= 0.6 is 0 Å². The van der Waals surface area contributed by atoms with Crippen LogP contribution in [0.4, 0.5) is 11.4 Å². The summed E-state index contributed by atoms with van der Waals surface area (Å²) in [6.07, 6.45) is 1.88. The number of piperidine rings is 1. The van der Waals surface area contributed by atoms with Gasteiger partial charge in [0, 0.05) is 31.4 Å². The lowest BCUT2D eigenvalue weighted by Crippen LogP contribution is -2.44. The first-order valence-electron chi connectivity index (χ1n) is 7.21. The van der Waals surface area contributed by atoms with E-state index in [1.54, 1.807) is 24.1 Å². The van der Waals surface area contributed by atoms with E-state index < -0.39 is 4.92 Å². The molecule has 6 nitrogen and oxygen atoms in total. The number of hydrogen-bond acceptors (Lipinski definition) is 4. The van der Waals surface area contributed by atoms with Crippen LogP contribution in [0.25, 0.3) is 0 Å². The van der Waals surface area contributed by atoms with Gasteiger partial charge in [0.05, 0.1) is 4.92 Å². The first-order chi connectivity index (χ1) is 9.93. The number of likely N-dealkylation sites (tertiary alicyclic amines) is 1. The van der Waals surface area contributed by atoms with E-state index >= 15 is 0 Å². The molecule has 1 fully saturated rings. The van der Waals surface area contributed by atoms with E-state index in [0.717, 1.165) is 12.8 Å². The number of hydrogen-bond donors (Lipinski definition) is 1. The van der Waals surface area contributed by atoms with Gasteiger partial charge in [0.15, 0.2) is 0 Å². The number of nitrogens with one attached hydrogen (secondary N) is 1. The van der Waals surface area contributed by atoms with Crippen molar-refractivity contribution in [2.45, 2.75) is 32.7 Å². The fourth-order valence-corrected chi connectivity index (χ4v) is 2.89. The van der Waals surface area contributed by atoms with E-state index in [0.29, 0.717) is 18.2 Å². The SMILES string of the molecule is CNc1ccc([N+](=O)[O-])c(C(=O)N2CCC(C)CC2C)c1. The summed E-state index contributed by atoms with van der Waals surface area (Å²) in [5.41, 5.74) is 0.722. The first kappa shape index (κ1) is 15.3. The average molecular weight is 291 g/mol. The molecule has 1 aliphatic heterocycles. The van der Waals surface area contributed by atoms with Gasteiger partial charge in [0.2, 0.25) is 0 Å². The molecular formula is C15H21N3O3. The van der Waals surface area contributed by atoms with Crippen molar-refractivity contribution in [1.29, 1.82) is 0 Å². The van der Waals surface area contributed by atoms with Crippen LogP contribution in [0, 0.1) is 16.0 Å². The lowest BCUT2D eigenvalue weighted by atomic mass is 9.92. The summed E-state index contributed by atoms with van der Waals surface area (Å²) >= 11 is 0. The highest BCUT2D eigenvalue weighted by molar-refractivity contribution is 5.99. The molecular weight excluding hydrogens is 270 g/mol. The van der Waals surface area contributed by atoms with Crippen molar-refractivity contribution < 1.29 is 9.72 Å². The van der Waals surface area contributed by atoms with Crippen molar-refractivity contribution in [3.8, 4) is 0 Å². The van der Waals surface area contributed by atoms with Crippen LogP contribution in [0.3, 0.4) is 0 Å². The summed E-state index contributed by atoms with van der Waals surface area (Å²) in [5, 5.41) is 14.1. The number of anilines is 1. The molecule has 21 heavy (non-hydrogen) atoms. The number of carbonyl (C=O) groups excluding carboxylic acids is 1. The zero-order valence-corrected chi connectivity index (χ0v) is 12.6. The highest BCUT2D eigenvalue weighted by atomic mass is 16.6. The maximum atomic E-state index is 12.7. The topological polar surface area (TPSA) is 75.5 Å². The molecule has 1 aromatic rings. The molecule has 2 rings (SSSR count). The molecule has 1 saturated heterocycles. The number of amides is 1. The van der Waals surface area contributed by atoms with Crippen molar-refractivity contribution in [3.05, 3.63) is 33.9 Å². The van der Waals surface area contributed by atoms with Crippen LogP contribution in [0.15, 0.2) is 18.2 Å².